The summed E-state index contributed by atoms with van der Waals surface area (Å²) in [6.45, 7) is 0.529. The predicted octanol–water partition coefficient (Wildman–Crippen LogP) is 2.95. The molecule has 4 saturated carbocycles. The molecule has 7 heteroatoms. The van der Waals surface area contributed by atoms with Crippen LogP contribution in [0.1, 0.15) is 48.9 Å². The number of anilines is 1. The molecule has 4 N–H and O–H groups in total. The van der Waals surface area contributed by atoms with E-state index in [1.807, 2.05) is 12.3 Å². The summed E-state index contributed by atoms with van der Waals surface area (Å²) in [6, 6.07) is 4.44. The Kier molecular flexibility index (Phi) is 4.06. The van der Waals surface area contributed by atoms with E-state index in [0.717, 1.165) is 36.0 Å². The van der Waals surface area contributed by atoms with Gasteiger partial charge in [-0.3, -0.25) is 4.79 Å². The van der Waals surface area contributed by atoms with Gasteiger partial charge in [-0.25, -0.2) is 4.98 Å². The van der Waals surface area contributed by atoms with Crippen molar-refractivity contribution in [2.24, 2.45) is 23.5 Å². The van der Waals surface area contributed by atoms with E-state index in [0.29, 0.717) is 42.4 Å². The van der Waals surface area contributed by atoms with E-state index in [1.165, 1.54) is 12.8 Å². The molecule has 0 aromatic carbocycles. The Hall–Kier alpha value is -2.59. The summed E-state index contributed by atoms with van der Waals surface area (Å²) in [5.41, 5.74) is 7.59. The second-order valence-electron chi connectivity index (χ2n) is 8.73. The number of nitriles is 1. The number of hydrogen-bond acceptors (Lipinski definition) is 5. The third-order valence-corrected chi connectivity index (χ3v) is 7.00. The van der Waals surface area contributed by atoms with Gasteiger partial charge in [0, 0.05) is 23.8 Å². The van der Waals surface area contributed by atoms with Crippen molar-refractivity contribution in [3.63, 3.8) is 0 Å². The van der Waals surface area contributed by atoms with Gasteiger partial charge in [-0.15, -0.1) is 0 Å². The Morgan fingerprint density at radius 3 is 2.89 bits per heavy atom. The Balaban J connectivity index is 1.43. The van der Waals surface area contributed by atoms with Crippen molar-refractivity contribution in [3.05, 3.63) is 24.0 Å². The average molecular weight is 379 g/mol. The highest BCUT2D eigenvalue weighted by Gasteiger charge is 2.56. The minimum absolute atomic E-state index is 0.0559. The van der Waals surface area contributed by atoms with E-state index >= 15 is 0 Å². The highest BCUT2D eigenvalue weighted by Crippen LogP contribution is 2.58. The summed E-state index contributed by atoms with van der Waals surface area (Å²) in [4.78, 5) is 19.4. The number of aromatic amines is 1. The first-order chi connectivity index (χ1) is 13.6. The fourth-order valence-corrected chi connectivity index (χ4v) is 6.19. The second kappa shape index (κ2) is 6.49. The quantitative estimate of drug-likeness (QED) is 0.667. The molecule has 146 valence electrons. The summed E-state index contributed by atoms with van der Waals surface area (Å²) >= 11 is 0. The van der Waals surface area contributed by atoms with E-state index < -0.39 is 5.91 Å². The van der Waals surface area contributed by atoms with Gasteiger partial charge in [0.1, 0.15) is 5.65 Å². The van der Waals surface area contributed by atoms with Crippen LogP contribution in [-0.2, 0) is 4.74 Å². The molecule has 1 amide bonds. The number of carbonyl (C=O) groups is 1. The number of pyridine rings is 1. The average Bonchev–Trinajstić information content (AvgIpc) is 3.13. The number of nitrogens with two attached hydrogens (primary N) is 1. The number of aromatic nitrogens is 2. The third-order valence-electron chi connectivity index (χ3n) is 7.00. The minimum atomic E-state index is -0.460. The van der Waals surface area contributed by atoms with Crippen LogP contribution in [0, 0.1) is 29.1 Å². The van der Waals surface area contributed by atoms with E-state index in [2.05, 4.69) is 21.4 Å². The summed E-state index contributed by atoms with van der Waals surface area (Å²) in [6.07, 6.45) is 9.42. The molecule has 0 saturated heterocycles. The van der Waals surface area contributed by atoms with Gasteiger partial charge >= 0.3 is 0 Å². The molecular formula is C21H25N5O2. The fourth-order valence-electron chi connectivity index (χ4n) is 6.19. The van der Waals surface area contributed by atoms with Crippen molar-refractivity contribution in [2.45, 2.75) is 50.2 Å². The summed E-state index contributed by atoms with van der Waals surface area (Å²) in [5, 5.41) is 13.5. The van der Waals surface area contributed by atoms with Crippen LogP contribution in [0.3, 0.4) is 0 Å². The van der Waals surface area contributed by atoms with E-state index in [-0.39, 0.29) is 5.60 Å². The maximum absolute atomic E-state index is 12.0. The zero-order valence-corrected chi connectivity index (χ0v) is 15.8. The molecule has 28 heavy (non-hydrogen) atoms. The van der Waals surface area contributed by atoms with E-state index in [9.17, 15) is 4.79 Å². The van der Waals surface area contributed by atoms with Crippen molar-refractivity contribution in [3.8, 4) is 6.07 Å². The topological polar surface area (TPSA) is 117 Å². The van der Waals surface area contributed by atoms with Crippen molar-refractivity contribution < 1.29 is 9.53 Å². The number of H-pyrrole nitrogens is 1. The summed E-state index contributed by atoms with van der Waals surface area (Å²) in [7, 11) is 0. The third kappa shape index (κ3) is 2.75. The number of hydrogen-bond donors (Lipinski definition) is 3. The van der Waals surface area contributed by atoms with Crippen LogP contribution in [0.2, 0.25) is 0 Å². The molecule has 7 nitrogen and oxygen atoms in total. The van der Waals surface area contributed by atoms with Crippen molar-refractivity contribution in [1.29, 1.82) is 5.26 Å². The lowest BCUT2D eigenvalue weighted by Gasteiger charge is -2.59. The van der Waals surface area contributed by atoms with Crippen molar-refractivity contribution in [1.82, 2.24) is 9.97 Å². The van der Waals surface area contributed by atoms with E-state index in [1.54, 1.807) is 6.20 Å². The van der Waals surface area contributed by atoms with Crippen LogP contribution in [-0.4, -0.2) is 34.1 Å². The Bertz CT molecular complexity index is 945. The normalized spacial score (nSPS) is 33.1. The molecule has 2 aromatic heterocycles. The molecule has 4 fully saturated rings. The van der Waals surface area contributed by atoms with Gasteiger partial charge in [0.15, 0.2) is 0 Å². The Labute approximate surface area is 163 Å². The Morgan fingerprint density at radius 1 is 1.39 bits per heavy atom. The van der Waals surface area contributed by atoms with Crippen LogP contribution in [0.15, 0.2) is 18.5 Å². The molecule has 5 atom stereocenters. The number of primary amides is 1. The van der Waals surface area contributed by atoms with Crippen LogP contribution < -0.4 is 11.1 Å². The lowest BCUT2D eigenvalue weighted by Crippen LogP contribution is -2.60. The molecule has 1 unspecified atom stereocenters. The van der Waals surface area contributed by atoms with Gasteiger partial charge in [-0.2, -0.15) is 5.26 Å². The predicted molar refractivity (Wildman–Crippen MR) is 104 cm³/mol. The maximum Gasteiger partial charge on any atom is 0.252 e. The van der Waals surface area contributed by atoms with Gasteiger partial charge < -0.3 is 20.8 Å². The molecule has 0 aliphatic heterocycles. The molecule has 4 aliphatic carbocycles. The molecule has 2 aromatic rings. The van der Waals surface area contributed by atoms with E-state index in [4.69, 9.17) is 15.7 Å². The smallest absolute Gasteiger partial charge is 0.252 e. The monoisotopic (exact) mass is 379 g/mol. The standard InChI is InChI=1S/C21H25N5O2/c22-3-1-5-28-21-8-12-6-13(9-21)17(14(7-12)10-21)26-18-15-2-4-24-20(15)25-11-16(18)19(23)27/h2,4,11-14,17H,1,5-10H2,(H2,23,27)(H2,24,25,26)/t12?,13-,14+,17+,21-. The maximum atomic E-state index is 12.0. The van der Waals surface area contributed by atoms with Gasteiger partial charge in [0.25, 0.3) is 5.91 Å². The first-order valence-corrected chi connectivity index (χ1v) is 10.1. The highest BCUT2D eigenvalue weighted by molar-refractivity contribution is 6.06. The van der Waals surface area contributed by atoms with Crippen LogP contribution in [0.4, 0.5) is 5.69 Å². The number of carbonyl (C=O) groups excluding carboxylic acids is 1. The number of nitrogens with one attached hydrogen (secondary N) is 2. The number of amides is 1. The fraction of sp³-hybridized carbons (Fsp3) is 0.571. The lowest BCUT2D eigenvalue weighted by atomic mass is 9.52. The first kappa shape index (κ1) is 17.5. The van der Waals surface area contributed by atoms with Crippen molar-refractivity contribution in [2.75, 3.05) is 11.9 Å². The van der Waals surface area contributed by atoms with Gasteiger partial charge in [0.2, 0.25) is 0 Å². The first-order valence-electron chi connectivity index (χ1n) is 10.1. The second-order valence-corrected chi connectivity index (χ2v) is 8.73. The van der Waals surface area contributed by atoms with Gasteiger partial charge in [-0.05, 0) is 55.9 Å². The molecule has 4 bridgehead atoms. The van der Waals surface area contributed by atoms with Crippen molar-refractivity contribution >= 4 is 22.6 Å². The molecule has 6 rings (SSSR count). The van der Waals surface area contributed by atoms with Crippen LogP contribution in [0.25, 0.3) is 11.0 Å². The largest absolute Gasteiger partial charge is 0.380 e. The van der Waals surface area contributed by atoms with Gasteiger partial charge in [0.05, 0.1) is 35.9 Å². The van der Waals surface area contributed by atoms with Crippen LogP contribution >= 0.6 is 0 Å². The van der Waals surface area contributed by atoms with Crippen LogP contribution in [0.5, 0.6) is 0 Å². The number of nitrogens with zero attached hydrogens (tertiary/aromatic N) is 2. The molecule has 4 aliphatic rings. The zero-order chi connectivity index (χ0) is 19.3. The number of fused-ring (bicyclic) bond motifs is 1. The lowest BCUT2D eigenvalue weighted by molar-refractivity contribution is -0.165. The molecule has 2 heterocycles. The minimum Gasteiger partial charge on any atom is -0.380 e. The number of rotatable bonds is 6. The molecule has 0 spiro atoms. The summed E-state index contributed by atoms with van der Waals surface area (Å²) in [5.74, 6) is 1.27. The number of ether oxygens (including phenoxy) is 1. The SMILES string of the molecule is N#CCCO[C@]12CC3C[C@H](C1)[C@H](Nc1c(C(N)=O)cnc4[nH]ccc14)[C@@H](C3)C2. The molecular weight excluding hydrogens is 354 g/mol. The molecule has 0 radical (unpaired) electrons. The summed E-state index contributed by atoms with van der Waals surface area (Å²) < 4.78 is 6.26. The van der Waals surface area contributed by atoms with Gasteiger partial charge in [-0.1, -0.05) is 0 Å². The zero-order valence-electron chi connectivity index (χ0n) is 15.8. The Morgan fingerprint density at radius 2 is 2.18 bits per heavy atom. The highest BCUT2D eigenvalue weighted by atomic mass is 16.5.